The highest BCUT2D eigenvalue weighted by molar-refractivity contribution is 5.34. The minimum atomic E-state index is -0.283. The number of nitrogens with zero attached hydrogens (tertiary/aromatic N) is 1. The monoisotopic (exact) mass is 154 g/mol. The number of aromatic nitrogens is 1. The summed E-state index contributed by atoms with van der Waals surface area (Å²) >= 11 is 0. The molecule has 0 aromatic carbocycles. The first kappa shape index (κ1) is 7.98. The van der Waals surface area contributed by atoms with Gasteiger partial charge in [0, 0.05) is 0 Å². The molecule has 2 nitrogen and oxygen atoms in total. The van der Waals surface area contributed by atoms with Gasteiger partial charge in [-0.3, -0.25) is 0 Å². The second kappa shape index (κ2) is 2.86. The van der Waals surface area contributed by atoms with E-state index in [0.717, 1.165) is 6.20 Å². The molecule has 0 aliphatic carbocycles. The molecule has 0 bridgehead atoms. The van der Waals surface area contributed by atoms with Gasteiger partial charge in [-0.1, -0.05) is 13.8 Å². The van der Waals surface area contributed by atoms with Crippen LogP contribution in [0, 0.1) is 5.82 Å². The number of rotatable bonds is 1. The summed E-state index contributed by atoms with van der Waals surface area (Å²) in [5.74, 6) is 0.240. The van der Waals surface area contributed by atoms with E-state index in [0.29, 0.717) is 11.4 Å². The number of nitrogen functional groups attached to an aromatic ring is 1. The summed E-state index contributed by atoms with van der Waals surface area (Å²) in [6, 6.07) is 1.57. The topological polar surface area (TPSA) is 38.9 Å². The first-order valence-electron chi connectivity index (χ1n) is 3.52. The highest BCUT2D eigenvalue weighted by Gasteiger charge is 2.06. The van der Waals surface area contributed by atoms with Crippen LogP contribution in [0.3, 0.4) is 0 Å². The maximum absolute atomic E-state index is 12.9. The van der Waals surface area contributed by atoms with E-state index in [-0.39, 0.29) is 11.7 Å². The lowest BCUT2D eigenvalue weighted by Crippen LogP contribution is -1.97. The van der Waals surface area contributed by atoms with Gasteiger partial charge in [-0.2, -0.15) is 0 Å². The Labute approximate surface area is 65.3 Å². The van der Waals surface area contributed by atoms with Crippen LogP contribution in [0.4, 0.5) is 10.2 Å². The van der Waals surface area contributed by atoms with Crippen molar-refractivity contribution in [3.63, 3.8) is 0 Å². The van der Waals surface area contributed by atoms with Crippen LogP contribution < -0.4 is 5.73 Å². The third kappa shape index (κ3) is 1.67. The lowest BCUT2D eigenvalue weighted by atomic mass is 10.0. The van der Waals surface area contributed by atoms with Crippen molar-refractivity contribution < 1.29 is 4.39 Å². The van der Waals surface area contributed by atoms with Crippen LogP contribution in [0.15, 0.2) is 12.3 Å². The first-order valence-corrected chi connectivity index (χ1v) is 3.52. The third-order valence-electron chi connectivity index (χ3n) is 1.53. The standard InChI is InChI=1S/C8H11FN2/c1-5(2)6-3-8(10)11-4-7(6)9/h3-5H,1-2H3,(H2,10,11). The van der Waals surface area contributed by atoms with Gasteiger partial charge >= 0.3 is 0 Å². The predicted octanol–water partition coefficient (Wildman–Crippen LogP) is 1.93. The zero-order chi connectivity index (χ0) is 8.43. The van der Waals surface area contributed by atoms with Crippen LogP contribution in [-0.4, -0.2) is 4.98 Å². The Kier molecular flexibility index (Phi) is 2.08. The highest BCUT2D eigenvalue weighted by Crippen LogP contribution is 2.18. The number of anilines is 1. The Morgan fingerprint density at radius 2 is 2.18 bits per heavy atom. The van der Waals surface area contributed by atoms with E-state index in [1.54, 1.807) is 6.07 Å². The Hall–Kier alpha value is -1.12. The molecule has 0 fully saturated rings. The van der Waals surface area contributed by atoms with Gasteiger partial charge in [-0.15, -0.1) is 0 Å². The Balaban J connectivity index is 3.13. The van der Waals surface area contributed by atoms with Gasteiger partial charge in [0.05, 0.1) is 6.20 Å². The molecule has 0 aliphatic rings. The van der Waals surface area contributed by atoms with Gasteiger partial charge in [0.2, 0.25) is 0 Å². The van der Waals surface area contributed by atoms with Crippen LogP contribution in [-0.2, 0) is 0 Å². The molecule has 1 aromatic rings. The average molecular weight is 154 g/mol. The number of pyridine rings is 1. The maximum atomic E-state index is 12.9. The molecule has 0 atom stereocenters. The molecule has 3 heteroatoms. The van der Waals surface area contributed by atoms with E-state index < -0.39 is 0 Å². The Morgan fingerprint density at radius 3 is 2.64 bits per heavy atom. The van der Waals surface area contributed by atoms with E-state index in [1.165, 1.54) is 0 Å². The lowest BCUT2D eigenvalue weighted by molar-refractivity contribution is 0.592. The van der Waals surface area contributed by atoms with E-state index in [4.69, 9.17) is 5.73 Å². The molecule has 0 aliphatic heterocycles. The van der Waals surface area contributed by atoms with Crippen LogP contribution in [0.25, 0.3) is 0 Å². The summed E-state index contributed by atoms with van der Waals surface area (Å²) < 4.78 is 12.9. The average Bonchev–Trinajstić information content (AvgIpc) is 1.94. The molecule has 1 rings (SSSR count). The highest BCUT2D eigenvalue weighted by atomic mass is 19.1. The van der Waals surface area contributed by atoms with Crippen molar-refractivity contribution in [1.29, 1.82) is 0 Å². The van der Waals surface area contributed by atoms with Crippen molar-refractivity contribution >= 4 is 5.82 Å². The zero-order valence-electron chi connectivity index (χ0n) is 6.63. The molecular weight excluding hydrogens is 143 g/mol. The second-order valence-corrected chi connectivity index (χ2v) is 2.79. The number of hydrogen-bond donors (Lipinski definition) is 1. The smallest absolute Gasteiger partial charge is 0.145 e. The van der Waals surface area contributed by atoms with Crippen LogP contribution >= 0.6 is 0 Å². The van der Waals surface area contributed by atoms with E-state index >= 15 is 0 Å². The van der Waals surface area contributed by atoms with Crippen LogP contribution in [0.5, 0.6) is 0 Å². The number of nitrogens with two attached hydrogens (primary N) is 1. The molecular formula is C8H11FN2. The molecule has 0 spiro atoms. The van der Waals surface area contributed by atoms with Crippen molar-refractivity contribution in [3.05, 3.63) is 23.6 Å². The van der Waals surface area contributed by atoms with Gasteiger partial charge < -0.3 is 5.73 Å². The number of hydrogen-bond acceptors (Lipinski definition) is 2. The van der Waals surface area contributed by atoms with E-state index in [9.17, 15) is 4.39 Å². The largest absolute Gasteiger partial charge is 0.384 e. The molecule has 1 heterocycles. The van der Waals surface area contributed by atoms with Gasteiger partial charge in [-0.05, 0) is 17.5 Å². The third-order valence-corrected chi connectivity index (χ3v) is 1.53. The fourth-order valence-corrected chi connectivity index (χ4v) is 0.914. The second-order valence-electron chi connectivity index (χ2n) is 2.79. The van der Waals surface area contributed by atoms with Crippen molar-refractivity contribution in [3.8, 4) is 0 Å². The zero-order valence-corrected chi connectivity index (χ0v) is 6.63. The first-order chi connectivity index (χ1) is 5.11. The molecule has 0 amide bonds. The summed E-state index contributed by atoms with van der Waals surface area (Å²) in [6.45, 7) is 3.83. The Bertz CT molecular complexity index is 258. The fraction of sp³-hybridized carbons (Fsp3) is 0.375. The fourth-order valence-electron chi connectivity index (χ4n) is 0.914. The van der Waals surface area contributed by atoms with Crippen molar-refractivity contribution in [2.45, 2.75) is 19.8 Å². The summed E-state index contributed by atoms with van der Waals surface area (Å²) in [7, 11) is 0. The Morgan fingerprint density at radius 1 is 1.55 bits per heavy atom. The lowest BCUT2D eigenvalue weighted by Gasteiger charge is -2.05. The quantitative estimate of drug-likeness (QED) is 0.671. The molecule has 0 saturated carbocycles. The summed E-state index contributed by atoms with van der Waals surface area (Å²) in [4.78, 5) is 3.62. The minimum Gasteiger partial charge on any atom is -0.384 e. The predicted molar refractivity (Wildman–Crippen MR) is 42.7 cm³/mol. The SMILES string of the molecule is CC(C)c1cc(N)ncc1F. The molecule has 0 radical (unpaired) electrons. The summed E-state index contributed by atoms with van der Waals surface area (Å²) in [5, 5.41) is 0. The molecule has 0 unspecified atom stereocenters. The number of halogens is 1. The van der Waals surface area contributed by atoms with E-state index in [2.05, 4.69) is 4.98 Å². The molecule has 2 N–H and O–H groups in total. The van der Waals surface area contributed by atoms with Crippen molar-refractivity contribution in [2.75, 3.05) is 5.73 Å². The van der Waals surface area contributed by atoms with Gasteiger partial charge in [-0.25, -0.2) is 9.37 Å². The normalized spacial score (nSPS) is 10.5. The molecule has 0 saturated heterocycles. The summed E-state index contributed by atoms with van der Waals surface area (Å²) in [5.41, 5.74) is 6.01. The van der Waals surface area contributed by atoms with Crippen molar-refractivity contribution in [1.82, 2.24) is 4.98 Å². The van der Waals surface area contributed by atoms with Gasteiger partial charge in [0.25, 0.3) is 0 Å². The van der Waals surface area contributed by atoms with Gasteiger partial charge in [0.1, 0.15) is 11.6 Å². The molecule has 60 valence electrons. The van der Waals surface area contributed by atoms with Gasteiger partial charge in [0.15, 0.2) is 0 Å². The van der Waals surface area contributed by atoms with E-state index in [1.807, 2.05) is 13.8 Å². The van der Waals surface area contributed by atoms with Crippen LogP contribution in [0.2, 0.25) is 0 Å². The summed E-state index contributed by atoms with van der Waals surface area (Å²) in [6.07, 6.45) is 1.16. The van der Waals surface area contributed by atoms with Crippen LogP contribution in [0.1, 0.15) is 25.3 Å². The molecule has 1 aromatic heterocycles. The molecule has 11 heavy (non-hydrogen) atoms. The minimum absolute atomic E-state index is 0.153. The van der Waals surface area contributed by atoms with Crippen molar-refractivity contribution in [2.24, 2.45) is 0 Å². The maximum Gasteiger partial charge on any atom is 0.145 e.